The second-order valence-corrected chi connectivity index (χ2v) is 6.21. The number of hydrogen-bond acceptors (Lipinski definition) is 3. The molecule has 1 aromatic heterocycles. The molecule has 2 nitrogen and oxygen atoms in total. The summed E-state index contributed by atoms with van der Waals surface area (Å²) in [5.41, 5.74) is 10.0. The number of nitrogen functional groups attached to an aromatic ring is 1. The van der Waals surface area contributed by atoms with Gasteiger partial charge in [-0.3, -0.25) is 0 Å². The number of nitrogens with two attached hydrogens (primary N) is 1. The van der Waals surface area contributed by atoms with Crippen molar-refractivity contribution in [1.82, 2.24) is 0 Å². The quantitative estimate of drug-likeness (QED) is 0.832. The van der Waals surface area contributed by atoms with Crippen molar-refractivity contribution in [2.45, 2.75) is 26.2 Å². The first-order valence-electron chi connectivity index (χ1n) is 5.81. The number of anilines is 1. The molecule has 0 aliphatic rings. The fraction of sp³-hybridized carbons (Fsp3) is 0.267. The van der Waals surface area contributed by atoms with Gasteiger partial charge < -0.3 is 5.73 Å². The van der Waals surface area contributed by atoms with Gasteiger partial charge in [0.25, 0.3) is 0 Å². The van der Waals surface area contributed by atoms with Crippen molar-refractivity contribution in [3.63, 3.8) is 0 Å². The Kier molecular flexibility index (Phi) is 3.14. The summed E-state index contributed by atoms with van der Waals surface area (Å²) < 4.78 is 0. The minimum absolute atomic E-state index is 0.149. The minimum Gasteiger partial charge on any atom is -0.396 e. The van der Waals surface area contributed by atoms with Crippen LogP contribution in [0.15, 0.2) is 29.6 Å². The van der Waals surface area contributed by atoms with Gasteiger partial charge in [-0.25, -0.2) is 0 Å². The van der Waals surface area contributed by atoms with Crippen LogP contribution in [0.3, 0.4) is 0 Å². The summed E-state index contributed by atoms with van der Waals surface area (Å²) in [6.07, 6.45) is 0. The van der Waals surface area contributed by atoms with E-state index in [9.17, 15) is 0 Å². The van der Waals surface area contributed by atoms with E-state index >= 15 is 0 Å². The summed E-state index contributed by atoms with van der Waals surface area (Å²) >= 11 is 1.39. The average molecular weight is 256 g/mol. The normalized spacial score (nSPS) is 11.2. The predicted octanol–water partition coefficient (Wildman–Crippen LogP) is 4.17. The van der Waals surface area contributed by atoms with Gasteiger partial charge in [0.1, 0.15) is 10.9 Å². The van der Waals surface area contributed by atoms with Gasteiger partial charge in [0.2, 0.25) is 0 Å². The molecule has 92 valence electrons. The van der Waals surface area contributed by atoms with E-state index in [1.165, 1.54) is 16.9 Å². The fourth-order valence-corrected chi connectivity index (χ4v) is 2.62. The Morgan fingerprint density at radius 2 is 1.78 bits per heavy atom. The van der Waals surface area contributed by atoms with Crippen LogP contribution in [0.5, 0.6) is 0 Å². The Morgan fingerprint density at radius 1 is 1.17 bits per heavy atom. The van der Waals surface area contributed by atoms with E-state index < -0.39 is 0 Å². The van der Waals surface area contributed by atoms with Gasteiger partial charge >= 0.3 is 0 Å². The molecule has 1 aromatic carbocycles. The zero-order valence-corrected chi connectivity index (χ0v) is 11.6. The van der Waals surface area contributed by atoms with Crippen LogP contribution in [0, 0.1) is 11.3 Å². The first-order valence-corrected chi connectivity index (χ1v) is 6.69. The number of hydrogen-bond donors (Lipinski definition) is 1. The van der Waals surface area contributed by atoms with E-state index in [-0.39, 0.29) is 5.41 Å². The highest BCUT2D eigenvalue weighted by molar-refractivity contribution is 7.11. The summed E-state index contributed by atoms with van der Waals surface area (Å²) in [5, 5.41) is 10.9. The molecule has 0 unspecified atom stereocenters. The summed E-state index contributed by atoms with van der Waals surface area (Å²) in [6, 6.07) is 10.5. The highest BCUT2D eigenvalue weighted by Crippen LogP contribution is 2.34. The maximum absolute atomic E-state index is 8.91. The van der Waals surface area contributed by atoms with Crippen LogP contribution in [0.25, 0.3) is 11.1 Å². The predicted molar refractivity (Wildman–Crippen MR) is 77.6 cm³/mol. The standard InChI is InChI=1S/C15H16N2S/c1-15(2,3)11-6-4-10(5-7-11)12-9-18-13(8-16)14(12)17/h4-7,9H,17H2,1-3H3. The summed E-state index contributed by atoms with van der Waals surface area (Å²) in [5.74, 6) is 0. The van der Waals surface area contributed by atoms with Crippen molar-refractivity contribution in [2.24, 2.45) is 0 Å². The Morgan fingerprint density at radius 3 is 2.22 bits per heavy atom. The average Bonchev–Trinajstić information content (AvgIpc) is 2.69. The molecule has 0 atom stereocenters. The molecular weight excluding hydrogens is 240 g/mol. The van der Waals surface area contributed by atoms with Gasteiger partial charge in [-0.05, 0) is 16.5 Å². The SMILES string of the molecule is CC(C)(C)c1ccc(-c2csc(C#N)c2N)cc1. The molecule has 0 radical (unpaired) electrons. The van der Waals surface area contributed by atoms with Gasteiger partial charge in [0.15, 0.2) is 0 Å². The summed E-state index contributed by atoms with van der Waals surface area (Å²) in [7, 11) is 0. The molecule has 0 saturated carbocycles. The molecule has 18 heavy (non-hydrogen) atoms. The van der Waals surface area contributed by atoms with Crippen LogP contribution in [0.4, 0.5) is 5.69 Å². The third-order valence-corrected chi connectivity index (χ3v) is 3.89. The Hall–Kier alpha value is -1.79. The second-order valence-electron chi connectivity index (χ2n) is 5.33. The third-order valence-electron chi connectivity index (χ3n) is 2.99. The van der Waals surface area contributed by atoms with Crippen LogP contribution in [-0.4, -0.2) is 0 Å². The molecule has 0 saturated heterocycles. The highest BCUT2D eigenvalue weighted by atomic mass is 32.1. The Balaban J connectivity index is 2.41. The number of nitrogens with zero attached hydrogens (tertiary/aromatic N) is 1. The first-order chi connectivity index (χ1) is 8.43. The van der Waals surface area contributed by atoms with Gasteiger partial charge in [0.05, 0.1) is 5.69 Å². The van der Waals surface area contributed by atoms with E-state index in [2.05, 4.69) is 51.1 Å². The fourth-order valence-electron chi connectivity index (χ4n) is 1.83. The third kappa shape index (κ3) is 2.25. The van der Waals surface area contributed by atoms with Gasteiger partial charge in [-0.2, -0.15) is 5.26 Å². The lowest BCUT2D eigenvalue weighted by Gasteiger charge is -2.19. The van der Waals surface area contributed by atoms with Crippen molar-refractivity contribution in [2.75, 3.05) is 5.73 Å². The van der Waals surface area contributed by atoms with Crippen molar-refractivity contribution in [3.8, 4) is 17.2 Å². The van der Waals surface area contributed by atoms with E-state index in [0.29, 0.717) is 10.6 Å². The van der Waals surface area contributed by atoms with Crippen LogP contribution in [0.2, 0.25) is 0 Å². The molecule has 1 heterocycles. The lowest BCUT2D eigenvalue weighted by molar-refractivity contribution is 0.590. The molecule has 0 bridgehead atoms. The topological polar surface area (TPSA) is 49.8 Å². The first kappa shape index (κ1) is 12.7. The van der Waals surface area contributed by atoms with E-state index in [1.54, 1.807) is 0 Å². The molecule has 0 spiro atoms. The van der Waals surface area contributed by atoms with Crippen LogP contribution in [0.1, 0.15) is 31.2 Å². The molecule has 3 heteroatoms. The molecule has 0 aliphatic heterocycles. The zero-order valence-electron chi connectivity index (χ0n) is 10.8. The highest BCUT2D eigenvalue weighted by Gasteiger charge is 2.14. The van der Waals surface area contributed by atoms with Crippen molar-refractivity contribution >= 4 is 17.0 Å². The molecule has 0 amide bonds. The summed E-state index contributed by atoms with van der Waals surface area (Å²) in [4.78, 5) is 0.588. The molecular formula is C15H16N2S. The van der Waals surface area contributed by atoms with E-state index in [0.717, 1.165) is 11.1 Å². The zero-order chi connectivity index (χ0) is 13.3. The smallest absolute Gasteiger partial charge is 0.128 e. The number of benzene rings is 1. The maximum Gasteiger partial charge on any atom is 0.128 e. The van der Waals surface area contributed by atoms with Crippen LogP contribution >= 0.6 is 11.3 Å². The van der Waals surface area contributed by atoms with Crippen LogP contribution < -0.4 is 5.73 Å². The van der Waals surface area contributed by atoms with Crippen LogP contribution in [-0.2, 0) is 5.41 Å². The largest absolute Gasteiger partial charge is 0.396 e. The van der Waals surface area contributed by atoms with E-state index in [1.807, 2.05) is 5.38 Å². The van der Waals surface area contributed by atoms with Crippen molar-refractivity contribution < 1.29 is 0 Å². The number of nitriles is 1. The monoisotopic (exact) mass is 256 g/mol. The molecule has 2 rings (SSSR count). The second kappa shape index (κ2) is 4.47. The summed E-state index contributed by atoms with van der Waals surface area (Å²) in [6.45, 7) is 6.57. The number of thiophene rings is 1. The minimum atomic E-state index is 0.149. The lowest BCUT2D eigenvalue weighted by Crippen LogP contribution is -2.10. The molecule has 0 fully saturated rings. The van der Waals surface area contributed by atoms with E-state index in [4.69, 9.17) is 11.0 Å². The molecule has 2 N–H and O–H groups in total. The maximum atomic E-state index is 8.91. The van der Waals surface area contributed by atoms with Gasteiger partial charge in [-0.15, -0.1) is 11.3 Å². The number of rotatable bonds is 1. The molecule has 0 aliphatic carbocycles. The molecule has 2 aromatic rings. The Bertz CT molecular complexity index is 595. The van der Waals surface area contributed by atoms with Gasteiger partial charge in [-0.1, -0.05) is 45.0 Å². The van der Waals surface area contributed by atoms with Gasteiger partial charge in [0, 0.05) is 10.9 Å². The van der Waals surface area contributed by atoms with Crippen molar-refractivity contribution in [1.29, 1.82) is 5.26 Å². The van der Waals surface area contributed by atoms with Crippen molar-refractivity contribution in [3.05, 3.63) is 40.1 Å². The lowest BCUT2D eigenvalue weighted by atomic mass is 9.86. The Labute approximate surface area is 112 Å².